The molecule has 0 aromatic heterocycles. The lowest BCUT2D eigenvalue weighted by Gasteiger charge is -2.11. The van der Waals surface area contributed by atoms with Crippen molar-refractivity contribution >= 4 is 54.8 Å². The standard InChI is InChI=1S/C21H18BrClN2O4S/c1-14-12-16(23)4-11-20(14)24-21(26)13-29-18-7-9-19(10-8-18)30(27,28)25-17-5-2-15(22)3-6-17/h2-12,25H,13H2,1H3,(H,24,26). The Morgan fingerprint density at radius 1 is 1.03 bits per heavy atom. The quantitative estimate of drug-likeness (QED) is 0.457. The van der Waals surface area contributed by atoms with Crippen molar-refractivity contribution in [2.24, 2.45) is 0 Å². The molecule has 3 aromatic carbocycles. The fourth-order valence-corrected chi connectivity index (χ4v) is 4.10. The van der Waals surface area contributed by atoms with Gasteiger partial charge in [0, 0.05) is 20.9 Å². The molecular weight excluding hydrogens is 492 g/mol. The highest BCUT2D eigenvalue weighted by Gasteiger charge is 2.14. The third-order valence-electron chi connectivity index (χ3n) is 4.06. The Morgan fingerprint density at radius 3 is 2.33 bits per heavy atom. The molecule has 0 aliphatic heterocycles. The monoisotopic (exact) mass is 508 g/mol. The maximum absolute atomic E-state index is 12.5. The second-order valence-electron chi connectivity index (χ2n) is 6.38. The minimum absolute atomic E-state index is 0.0824. The summed E-state index contributed by atoms with van der Waals surface area (Å²) < 4.78 is 33.8. The first kappa shape index (κ1) is 22.1. The van der Waals surface area contributed by atoms with Crippen LogP contribution in [-0.2, 0) is 14.8 Å². The molecule has 0 saturated heterocycles. The van der Waals surface area contributed by atoms with Crippen LogP contribution in [0.4, 0.5) is 11.4 Å². The molecule has 0 heterocycles. The Bertz CT molecular complexity index is 1150. The second kappa shape index (κ2) is 9.51. The number of rotatable bonds is 7. The molecule has 3 rings (SSSR count). The van der Waals surface area contributed by atoms with Crippen LogP contribution in [0.3, 0.4) is 0 Å². The van der Waals surface area contributed by atoms with Crippen molar-refractivity contribution in [3.8, 4) is 5.75 Å². The first-order chi connectivity index (χ1) is 14.2. The molecule has 0 aliphatic rings. The molecule has 156 valence electrons. The minimum Gasteiger partial charge on any atom is -0.484 e. The van der Waals surface area contributed by atoms with Crippen LogP contribution < -0.4 is 14.8 Å². The van der Waals surface area contributed by atoms with Crippen molar-refractivity contribution in [2.45, 2.75) is 11.8 Å². The summed E-state index contributed by atoms with van der Waals surface area (Å²) in [7, 11) is -3.73. The maximum atomic E-state index is 12.5. The first-order valence-corrected chi connectivity index (χ1v) is 11.5. The van der Waals surface area contributed by atoms with E-state index < -0.39 is 10.0 Å². The van der Waals surface area contributed by atoms with E-state index >= 15 is 0 Å². The number of nitrogens with one attached hydrogen (secondary N) is 2. The van der Waals surface area contributed by atoms with Gasteiger partial charge in [-0.2, -0.15) is 0 Å². The summed E-state index contributed by atoms with van der Waals surface area (Å²) in [6, 6.07) is 17.8. The highest BCUT2D eigenvalue weighted by molar-refractivity contribution is 9.10. The first-order valence-electron chi connectivity index (χ1n) is 8.80. The van der Waals surface area contributed by atoms with Gasteiger partial charge in [-0.15, -0.1) is 0 Å². The zero-order valence-corrected chi connectivity index (χ0v) is 19.0. The SMILES string of the molecule is Cc1cc(Cl)ccc1NC(=O)COc1ccc(S(=O)(=O)Nc2ccc(Br)cc2)cc1. The highest BCUT2D eigenvalue weighted by Crippen LogP contribution is 2.22. The van der Waals surface area contributed by atoms with Crippen molar-refractivity contribution in [1.82, 2.24) is 0 Å². The summed E-state index contributed by atoms with van der Waals surface area (Å²) in [6.45, 7) is 1.62. The summed E-state index contributed by atoms with van der Waals surface area (Å²) in [5.41, 5.74) is 1.94. The third kappa shape index (κ3) is 5.98. The van der Waals surface area contributed by atoms with E-state index in [4.69, 9.17) is 16.3 Å². The fourth-order valence-electron chi connectivity index (χ4n) is 2.55. The number of carbonyl (C=O) groups excluding carboxylic acids is 1. The molecule has 9 heteroatoms. The summed E-state index contributed by atoms with van der Waals surface area (Å²) in [5, 5.41) is 3.33. The third-order valence-corrected chi connectivity index (χ3v) is 6.22. The predicted octanol–water partition coefficient (Wildman–Crippen LogP) is 5.23. The molecule has 0 radical (unpaired) electrons. The summed E-state index contributed by atoms with van der Waals surface area (Å²) in [5.74, 6) is 0.0367. The van der Waals surface area contributed by atoms with E-state index in [-0.39, 0.29) is 17.4 Å². The van der Waals surface area contributed by atoms with Gasteiger partial charge in [-0.3, -0.25) is 9.52 Å². The number of anilines is 2. The molecule has 30 heavy (non-hydrogen) atoms. The molecule has 0 spiro atoms. The number of ether oxygens (including phenoxy) is 1. The van der Waals surface area contributed by atoms with Crippen LogP contribution >= 0.6 is 27.5 Å². The lowest BCUT2D eigenvalue weighted by molar-refractivity contribution is -0.118. The topological polar surface area (TPSA) is 84.5 Å². The van der Waals surface area contributed by atoms with Crippen molar-refractivity contribution in [3.63, 3.8) is 0 Å². The number of hydrogen-bond donors (Lipinski definition) is 2. The van der Waals surface area contributed by atoms with Crippen LogP contribution in [-0.4, -0.2) is 20.9 Å². The van der Waals surface area contributed by atoms with Crippen LogP contribution in [0.5, 0.6) is 5.75 Å². The zero-order valence-electron chi connectivity index (χ0n) is 15.9. The number of carbonyl (C=O) groups is 1. The van der Waals surface area contributed by atoms with E-state index in [1.165, 1.54) is 24.3 Å². The van der Waals surface area contributed by atoms with Crippen molar-refractivity contribution in [1.29, 1.82) is 0 Å². The fraction of sp³-hybridized carbons (Fsp3) is 0.0952. The van der Waals surface area contributed by atoms with Crippen molar-refractivity contribution < 1.29 is 17.9 Å². The molecule has 0 fully saturated rings. The summed E-state index contributed by atoms with van der Waals surface area (Å²) >= 11 is 9.21. The number of benzene rings is 3. The molecule has 0 atom stereocenters. The van der Waals surface area contributed by atoms with Gasteiger partial charge in [0.05, 0.1) is 4.90 Å². The van der Waals surface area contributed by atoms with Gasteiger partial charge in [0.1, 0.15) is 5.75 Å². The molecule has 0 saturated carbocycles. The van der Waals surface area contributed by atoms with Crippen molar-refractivity contribution in [3.05, 3.63) is 81.8 Å². The van der Waals surface area contributed by atoms with Gasteiger partial charge >= 0.3 is 0 Å². The van der Waals surface area contributed by atoms with E-state index in [1.807, 2.05) is 6.92 Å². The van der Waals surface area contributed by atoms with Gasteiger partial charge < -0.3 is 10.1 Å². The van der Waals surface area contributed by atoms with E-state index in [0.717, 1.165) is 10.0 Å². The normalized spacial score (nSPS) is 11.0. The highest BCUT2D eigenvalue weighted by atomic mass is 79.9. The lowest BCUT2D eigenvalue weighted by atomic mass is 10.2. The lowest BCUT2D eigenvalue weighted by Crippen LogP contribution is -2.20. The van der Waals surface area contributed by atoms with Gasteiger partial charge in [0.15, 0.2) is 6.61 Å². The zero-order chi connectivity index (χ0) is 21.7. The van der Waals surface area contributed by atoms with Gasteiger partial charge in [-0.05, 0) is 79.2 Å². The van der Waals surface area contributed by atoms with Gasteiger partial charge in [-0.25, -0.2) is 8.42 Å². The molecule has 0 aliphatic carbocycles. The van der Waals surface area contributed by atoms with Crippen LogP contribution in [0.15, 0.2) is 76.1 Å². The Kier molecular flexibility index (Phi) is 7.02. The number of halogens is 2. The van der Waals surface area contributed by atoms with E-state index in [1.54, 1.807) is 42.5 Å². The Hall–Kier alpha value is -2.55. The molecule has 3 aromatic rings. The van der Waals surface area contributed by atoms with E-state index in [2.05, 4.69) is 26.0 Å². The van der Waals surface area contributed by atoms with Crippen LogP contribution in [0.1, 0.15) is 5.56 Å². The van der Waals surface area contributed by atoms with Crippen molar-refractivity contribution in [2.75, 3.05) is 16.6 Å². The predicted molar refractivity (Wildman–Crippen MR) is 122 cm³/mol. The number of amides is 1. The number of hydrogen-bond acceptors (Lipinski definition) is 4. The molecule has 2 N–H and O–H groups in total. The number of aryl methyl sites for hydroxylation is 1. The molecule has 0 unspecified atom stereocenters. The maximum Gasteiger partial charge on any atom is 0.262 e. The molecular formula is C21H18BrClN2O4S. The minimum atomic E-state index is -3.73. The Balaban J connectivity index is 1.58. The molecule has 1 amide bonds. The Labute approximate surface area is 188 Å². The summed E-state index contributed by atoms with van der Waals surface area (Å²) in [6.07, 6.45) is 0. The molecule has 0 bridgehead atoms. The average molecular weight is 510 g/mol. The largest absolute Gasteiger partial charge is 0.484 e. The second-order valence-corrected chi connectivity index (χ2v) is 9.41. The van der Waals surface area contributed by atoms with Gasteiger partial charge in [0.25, 0.3) is 15.9 Å². The average Bonchev–Trinajstić information content (AvgIpc) is 2.70. The van der Waals surface area contributed by atoms with E-state index in [9.17, 15) is 13.2 Å². The summed E-state index contributed by atoms with van der Waals surface area (Å²) in [4.78, 5) is 12.2. The van der Waals surface area contributed by atoms with Crippen LogP contribution in [0.25, 0.3) is 0 Å². The number of sulfonamides is 1. The Morgan fingerprint density at radius 2 is 1.70 bits per heavy atom. The molecule has 6 nitrogen and oxygen atoms in total. The smallest absolute Gasteiger partial charge is 0.262 e. The van der Waals surface area contributed by atoms with Gasteiger partial charge in [-0.1, -0.05) is 27.5 Å². The van der Waals surface area contributed by atoms with E-state index in [0.29, 0.717) is 22.1 Å². The van der Waals surface area contributed by atoms with Crippen LogP contribution in [0, 0.1) is 6.92 Å². The van der Waals surface area contributed by atoms with Gasteiger partial charge in [0.2, 0.25) is 0 Å². The van der Waals surface area contributed by atoms with Crippen LogP contribution in [0.2, 0.25) is 5.02 Å².